The maximum absolute atomic E-state index is 2.12. The Kier molecular flexibility index (Phi) is 60.1. The van der Waals surface area contributed by atoms with E-state index in [4.69, 9.17) is 0 Å². The van der Waals surface area contributed by atoms with Gasteiger partial charge in [-0.2, -0.15) is 0 Å². The molecule has 0 unspecified atom stereocenters. The summed E-state index contributed by atoms with van der Waals surface area (Å²) >= 11 is 0. The molecule has 2 aromatic carbocycles. The van der Waals surface area contributed by atoms with Gasteiger partial charge in [0.1, 0.15) is 0 Å². The van der Waals surface area contributed by atoms with Crippen molar-refractivity contribution in [1.29, 1.82) is 0 Å². The fraction of sp³-hybridized carbons (Fsp3) is 0.520. The molecule has 0 saturated carbocycles. The third-order valence-corrected chi connectivity index (χ3v) is 1.88. The molecule has 0 aliphatic heterocycles. The normalized spacial score (nSPS) is 6.56. The number of hydrogen-bond donors (Lipinski definition) is 0. The first kappa shape index (κ1) is 34.7. The van der Waals surface area contributed by atoms with Crippen LogP contribution in [0.25, 0.3) is 0 Å². The summed E-state index contributed by atoms with van der Waals surface area (Å²) in [5.41, 5.74) is 2.64. The molecule has 0 saturated heterocycles. The number of rotatable bonds is 0. The topological polar surface area (TPSA) is 0 Å². The third-order valence-electron chi connectivity index (χ3n) is 1.88. The molecular formula is C25H48. The molecule has 0 heterocycles. The molecular weight excluding hydrogens is 300 g/mol. The zero-order chi connectivity index (χ0) is 20.9. The minimum atomic E-state index is 1.25. The van der Waals surface area contributed by atoms with Crippen molar-refractivity contribution >= 4 is 0 Å². The van der Waals surface area contributed by atoms with Crippen molar-refractivity contribution in [2.24, 2.45) is 0 Å². The second-order valence-corrected chi connectivity index (χ2v) is 4.02. The van der Waals surface area contributed by atoms with E-state index in [0.717, 1.165) is 0 Å². The highest BCUT2D eigenvalue weighted by atomic mass is 13.8. The van der Waals surface area contributed by atoms with Crippen molar-refractivity contribution in [3.05, 3.63) is 71.8 Å². The van der Waals surface area contributed by atoms with E-state index < -0.39 is 0 Å². The Labute approximate surface area is 161 Å². The smallest absolute Gasteiger partial charge is 0.0398 e. The monoisotopic (exact) mass is 348 g/mol. The van der Waals surface area contributed by atoms with Crippen LogP contribution in [-0.2, 0) is 0 Å². The maximum Gasteiger partial charge on any atom is -0.0398 e. The van der Waals surface area contributed by atoms with Crippen molar-refractivity contribution in [2.45, 2.75) is 89.5 Å². The molecule has 0 radical (unpaired) electrons. The van der Waals surface area contributed by atoms with Gasteiger partial charge < -0.3 is 0 Å². The second-order valence-electron chi connectivity index (χ2n) is 4.02. The summed E-state index contributed by atoms with van der Waals surface area (Å²) in [6, 6.07) is 20.5. The van der Waals surface area contributed by atoms with Crippen LogP contribution in [0.5, 0.6) is 0 Å². The van der Waals surface area contributed by atoms with Gasteiger partial charge in [-0.15, -0.1) is 0 Å². The Morgan fingerprint density at radius 3 is 0.680 bits per heavy atom. The van der Waals surface area contributed by atoms with Crippen LogP contribution in [0.15, 0.2) is 60.7 Å². The van der Waals surface area contributed by atoms with Crippen LogP contribution in [0.3, 0.4) is 0 Å². The molecule has 0 spiro atoms. The number of aryl methyl sites for hydroxylation is 2. The van der Waals surface area contributed by atoms with Crippen molar-refractivity contribution in [3.8, 4) is 0 Å². The van der Waals surface area contributed by atoms with Crippen LogP contribution < -0.4 is 0 Å². The van der Waals surface area contributed by atoms with E-state index in [-0.39, 0.29) is 0 Å². The molecule has 0 aromatic heterocycles. The molecule has 2 rings (SSSR count). The highest BCUT2D eigenvalue weighted by molar-refractivity contribution is 5.12. The Balaban J connectivity index is -0.0000000695. The summed E-state index contributed by atoms with van der Waals surface area (Å²) in [5, 5.41) is 0. The second kappa shape index (κ2) is 43.3. The van der Waals surface area contributed by atoms with Crippen LogP contribution >= 0.6 is 0 Å². The Bertz CT molecular complexity index is 311. The highest BCUT2D eigenvalue weighted by Gasteiger charge is 1.72. The van der Waals surface area contributed by atoms with Crippen LogP contribution in [0, 0.1) is 13.8 Å². The Hall–Kier alpha value is -1.56. The van der Waals surface area contributed by atoms with Gasteiger partial charge in [0, 0.05) is 0 Å². The van der Waals surface area contributed by atoms with Gasteiger partial charge in [0.05, 0.1) is 0 Å². The predicted octanol–water partition coefficient (Wildman–Crippen LogP) is 9.51. The molecule has 0 heteroatoms. The quantitative estimate of drug-likeness (QED) is 0.444. The molecule has 2 aromatic rings. The van der Waals surface area contributed by atoms with Crippen molar-refractivity contribution < 1.29 is 0 Å². The van der Waals surface area contributed by atoms with Crippen molar-refractivity contribution in [1.82, 2.24) is 0 Å². The molecule has 0 amide bonds. The van der Waals surface area contributed by atoms with E-state index in [1.807, 2.05) is 91.8 Å². The van der Waals surface area contributed by atoms with E-state index in [0.29, 0.717) is 0 Å². The molecule has 25 heavy (non-hydrogen) atoms. The standard InChI is InChI=1S/2C7H8.C3H8.4C2H6/c2*1-7-5-3-2-4-6-7;1-3-2;4*1-2/h2*2-6H,1H3;3H2,1-2H3;4*1-2H3. The molecule has 0 fully saturated rings. The fourth-order valence-corrected chi connectivity index (χ4v) is 1.07. The van der Waals surface area contributed by atoms with Crippen LogP contribution in [-0.4, -0.2) is 0 Å². The highest BCUT2D eigenvalue weighted by Crippen LogP contribution is 1.92. The zero-order valence-corrected chi connectivity index (χ0v) is 19.5. The van der Waals surface area contributed by atoms with Gasteiger partial charge in [-0.05, 0) is 13.8 Å². The predicted molar refractivity (Wildman–Crippen MR) is 124 cm³/mol. The molecule has 0 aliphatic rings. The van der Waals surface area contributed by atoms with Crippen LogP contribution in [0.4, 0.5) is 0 Å². The van der Waals surface area contributed by atoms with E-state index in [1.54, 1.807) is 0 Å². The van der Waals surface area contributed by atoms with Crippen LogP contribution in [0.1, 0.15) is 86.8 Å². The minimum absolute atomic E-state index is 1.25. The third kappa shape index (κ3) is 45.0. The molecule has 0 aliphatic carbocycles. The molecule has 148 valence electrons. The van der Waals surface area contributed by atoms with E-state index in [2.05, 4.69) is 52.0 Å². The van der Waals surface area contributed by atoms with Gasteiger partial charge in [0.25, 0.3) is 0 Å². The van der Waals surface area contributed by atoms with Gasteiger partial charge in [0.2, 0.25) is 0 Å². The number of benzene rings is 2. The first-order valence-corrected chi connectivity index (χ1v) is 10.2. The van der Waals surface area contributed by atoms with E-state index in [1.165, 1.54) is 17.5 Å². The lowest BCUT2D eigenvalue weighted by molar-refractivity contribution is 1.09. The largest absolute Gasteiger partial charge is 0.0683 e. The Morgan fingerprint density at radius 1 is 0.440 bits per heavy atom. The van der Waals surface area contributed by atoms with E-state index >= 15 is 0 Å². The molecule has 0 bridgehead atoms. The fourth-order valence-electron chi connectivity index (χ4n) is 1.07. The minimum Gasteiger partial charge on any atom is -0.0683 e. The zero-order valence-electron chi connectivity index (χ0n) is 19.5. The van der Waals surface area contributed by atoms with Gasteiger partial charge in [0.15, 0.2) is 0 Å². The Morgan fingerprint density at radius 2 is 0.600 bits per heavy atom. The first-order chi connectivity index (χ1) is 12.2. The van der Waals surface area contributed by atoms with Crippen molar-refractivity contribution in [2.75, 3.05) is 0 Å². The summed E-state index contributed by atoms with van der Waals surface area (Å²) in [4.78, 5) is 0. The maximum atomic E-state index is 2.12. The van der Waals surface area contributed by atoms with Gasteiger partial charge in [-0.25, -0.2) is 0 Å². The molecule has 0 atom stereocenters. The lowest BCUT2D eigenvalue weighted by atomic mass is 10.2. The summed E-state index contributed by atoms with van der Waals surface area (Å²) in [6.07, 6.45) is 1.25. The van der Waals surface area contributed by atoms with Gasteiger partial charge in [-0.3, -0.25) is 0 Å². The van der Waals surface area contributed by atoms with E-state index in [9.17, 15) is 0 Å². The number of hydrogen-bond acceptors (Lipinski definition) is 0. The van der Waals surface area contributed by atoms with Crippen LogP contribution in [0.2, 0.25) is 0 Å². The SMILES string of the molecule is CC.CC.CC.CC.CCC.Cc1ccccc1.Cc1ccccc1. The lowest BCUT2D eigenvalue weighted by Crippen LogP contribution is -1.62. The van der Waals surface area contributed by atoms with Gasteiger partial charge in [-0.1, -0.05) is 147 Å². The summed E-state index contributed by atoms with van der Waals surface area (Å²) in [7, 11) is 0. The molecule has 0 nitrogen and oxygen atoms in total. The summed E-state index contributed by atoms with van der Waals surface area (Å²) < 4.78 is 0. The average molecular weight is 349 g/mol. The van der Waals surface area contributed by atoms with Gasteiger partial charge >= 0.3 is 0 Å². The summed E-state index contributed by atoms with van der Waals surface area (Å²) in [6.45, 7) is 24.4. The summed E-state index contributed by atoms with van der Waals surface area (Å²) in [5.74, 6) is 0. The first-order valence-electron chi connectivity index (χ1n) is 10.2. The average Bonchev–Trinajstić information content (AvgIpc) is 2.70. The lowest BCUT2D eigenvalue weighted by Gasteiger charge is -1.82. The molecule has 0 N–H and O–H groups in total. The van der Waals surface area contributed by atoms with Crippen molar-refractivity contribution in [3.63, 3.8) is 0 Å².